The zero-order valence-electron chi connectivity index (χ0n) is 9.23. The highest BCUT2D eigenvalue weighted by Crippen LogP contribution is 2.14. The van der Waals surface area contributed by atoms with Crippen LogP contribution in [0.5, 0.6) is 0 Å². The number of anilines is 1. The van der Waals surface area contributed by atoms with E-state index in [0.29, 0.717) is 12.3 Å². The molecule has 1 rings (SSSR count). The van der Waals surface area contributed by atoms with E-state index in [4.69, 9.17) is 5.73 Å². The summed E-state index contributed by atoms with van der Waals surface area (Å²) in [7, 11) is -0.937. The number of nitrogens with one attached hydrogen (secondary N) is 1. The van der Waals surface area contributed by atoms with Crippen LogP contribution in [0.4, 0.5) is 5.69 Å². The molecule has 3 N–H and O–H groups in total. The molecule has 0 heterocycles. The summed E-state index contributed by atoms with van der Waals surface area (Å²) in [5.74, 6) is 0.257. The van der Waals surface area contributed by atoms with Crippen molar-refractivity contribution < 1.29 is 9.00 Å². The van der Waals surface area contributed by atoms with Crippen molar-refractivity contribution in [3.63, 3.8) is 0 Å². The van der Waals surface area contributed by atoms with Gasteiger partial charge in [0.15, 0.2) is 0 Å². The maximum Gasteiger partial charge on any atom is 0.225 e. The van der Waals surface area contributed by atoms with Gasteiger partial charge >= 0.3 is 0 Å². The van der Waals surface area contributed by atoms with Crippen LogP contribution in [0.3, 0.4) is 0 Å². The predicted octanol–water partition coefficient (Wildman–Crippen LogP) is 0.852. The second-order valence-electron chi connectivity index (χ2n) is 3.44. The zero-order chi connectivity index (χ0) is 12.0. The molecule has 0 fully saturated rings. The normalized spacial score (nSPS) is 12.1. The van der Waals surface area contributed by atoms with Crippen molar-refractivity contribution >= 4 is 22.4 Å². The Labute approximate surface area is 97.7 Å². The van der Waals surface area contributed by atoms with Crippen LogP contribution in [-0.4, -0.2) is 22.1 Å². The van der Waals surface area contributed by atoms with Gasteiger partial charge in [-0.15, -0.1) is 0 Å². The molecule has 4 nitrogen and oxygen atoms in total. The first kappa shape index (κ1) is 12.9. The van der Waals surface area contributed by atoms with Gasteiger partial charge in [-0.25, -0.2) is 0 Å². The lowest BCUT2D eigenvalue weighted by molar-refractivity contribution is -0.115. The molecule has 0 radical (unpaired) electrons. The van der Waals surface area contributed by atoms with Gasteiger partial charge in [0.2, 0.25) is 5.91 Å². The lowest BCUT2D eigenvalue weighted by Crippen LogP contribution is -2.16. The Morgan fingerprint density at radius 1 is 1.44 bits per heavy atom. The molecule has 5 heteroatoms. The second kappa shape index (κ2) is 6.40. The number of nitrogens with two attached hydrogens (primary N) is 1. The number of carbonyl (C=O) groups excluding carboxylic acids is 1. The lowest BCUT2D eigenvalue weighted by Gasteiger charge is -2.08. The minimum absolute atomic E-state index is 0.129. The fourth-order valence-corrected chi connectivity index (χ4v) is 1.74. The lowest BCUT2D eigenvalue weighted by atomic mass is 10.2. The fourth-order valence-electron chi connectivity index (χ4n) is 1.27. The number of carbonyl (C=O) groups is 1. The van der Waals surface area contributed by atoms with Crippen molar-refractivity contribution in [1.29, 1.82) is 0 Å². The zero-order valence-corrected chi connectivity index (χ0v) is 10.0. The van der Waals surface area contributed by atoms with E-state index in [1.165, 1.54) is 0 Å². The van der Waals surface area contributed by atoms with Gasteiger partial charge < -0.3 is 11.1 Å². The maximum absolute atomic E-state index is 11.5. The van der Waals surface area contributed by atoms with Gasteiger partial charge in [-0.1, -0.05) is 18.2 Å². The molecule has 16 heavy (non-hydrogen) atoms. The molecule has 1 amide bonds. The van der Waals surface area contributed by atoms with E-state index < -0.39 is 10.8 Å². The molecule has 1 aromatic carbocycles. The van der Waals surface area contributed by atoms with Gasteiger partial charge in [0.25, 0.3) is 0 Å². The van der Waals surface area contributed by atoms with E-state index in [1.807, 2.05) is 24.3 Å². The summed E-state index contributed by atoms with van der Waals surface area (Å²) in [5, 5.41) is 2.76. The molecule has 1 aromatic rings. The summed E-state index contributed by atoms with van der Waals surface area (Å²) in [4.78, 5) is 11.5. The monoisotopic (exact) mass is 240 g/mol. The number of amides is 1. The highest BCUT2D eigenvalue weighted by Gasteiger charge is 2.06. The van der Waals surface area contributed by atoms with Crippen LogP contribution < -0.4 is 11.1 Å². The SMILES string of the molecule is CS(=O)CCC(=O)Nc1ccccc1CN. The third-order valence-electron chi connectivity index (χ3n) is 2.13. The largest absolute Gasteiger partial charge is 0.326 e. The van der Waals surface area contributed by atoms with Gasteiger partial charge in [0.1, 0.15) is 0 Å². The quantitative estimate of drug-likeness (QED) is 0.801. The van der Waals surface area contributed by atoms with Crippen molar-refractivity contribution in [2.45, 2.75) is 13.0 Å². The topological polar surface area (TPSA) is 72.2 Å². The standard InChI is InChI=1S/C11H16N2O2S/c1-16(15)7-6-11(14)13-10-5-3-2-4-9(10)8-12/h2-5H,6-8,12H2,1H3,(H,13,14). The van der Waals surface area contributed by atoms with Crippen LogP contribution in [0, 0.1) is 0 Å². The molecule has 0 aliphatic carbocycles. The first-order valence-corrected chi connectivity index (χ1v) is 6.74. The van der Waals surface area contributed by atoms with E-state index in [1.54, 1.807) is 6.26 Å². The van der Waals surface area contributed by atoms with Gasteiger partial charge in [-0.3, -0.25) is 9.00 Å². The van der Waals surface area contributed by atoms with Crippen LogP contribution in [-0.2, 0) is 22.1 Å². The molecular weight excluding hydrogens is 224 g/mol. The van der Waals surface area contributed by atoms with Gasteiger partial charge in [0, 0.05) is 41.5 Å². The van der Waals surface area contributed by atoms with E-state index in [2.05, 4.69) is 5.32 Å². The summed E-state index contributed by atoms with van der Waals surface area (Å²) in [6, 6.07) is 7.39. The maximum atomic E-state index is 11.5. The molecule has 0 aromatic heterocycles. The van der Waals surface area contributed by atoms with Gasteiger partial charge in [0.05, 0.1) is 0 Å². The first-order chi connectivity index (χ1) is 7.63. The fraction of sp³-hybridized carbons (Fsp3) is 0.364. The van der Waals surface area contributed by atoms with E-state index >= 15 is 0 Å². The third kappa shape index (κ3) is 4.12. The summed E-state index contributed by atoms with van der Waals surface area (Å²) < 4.78 is 10.8. The van der Waals surface area contributed by atoms with Crippen molar-refractivity contribution in [2.75, 3.05) is 17.3 Å². The molecule has 0 aliphatic rings. The molecule has 88 valence electrons. The number of para-hydroxylation sites is 1. The van der Waals surface area contributed by atoms with E-state index in [9.17, 15) is 9.00 Å². The summed E-state index contributed by atoms with van der Waals surface area (Å²) >= 11 is 0. The molecule has 1 atom stereocenters. The molecule has 0 saturated carbocycles. The van der Waals surface area contributed by atoms with Crippen molar-refractivity contribution in [1.82, 2.24) is 0 Å². The van der Waals surface area contributed by atoms with Crippen LogP contribution in [0.25, 0.3) is 0 Å². The molecule has 0 spiro atoms. The van der Waals surface area contributed by atoms with Crippen molar-refractivity contribution in [3.8, 4) is 0 Å². The van der Waals surface area contributed by atoms with Crippen LogP contribution in [0.1, 0.15) is 12.0 Å². The molecule has 0 saturated heterocycles. The number of hydrogen-bond donors (Lipinski definition) is 2. The Bertz CT molecular complexity index is 393. The Balaban J connectivity index is 2.58. The Hall–Kier alpha value is -1.20. The minimum Gasteiger partial charge on any atom is -0.326 e. The highest BCUT2D eigenvalue weighted by molar-refractivity contribution is 7.84. The molecular formula is C11H16N2O2S. The minimum atomic E-state index is -0.937. The number of rotatable bonds is 5. The van der Waals surface area contributed by atoms with Crippen LogP contribution in [0.2, 0.25) is 0 Å². The van der Waals surface area contributed by atoms with Crippen LogP contribution >= 0.6 is 0 Å². The summed E-state index contributed by atoms with van der Waals surface area (Å²) in [6.07, 6.45) is 1.85. The van der Waals surface area contributed by atoms with Crippen molar-refractivity contribution in [2.24, 2.45) is 5.73 Å². The second-order valence-corrected chi connectivity index (χ2v) is 4.99. The van der Waals surface area contributed by atoms with Gasteiger partial charge in [-0.2, -0.15) is 0 Å². The first-order valence-electron chi connectivity index (χ1n) is 5.01. The average Bonchev–Trinajstić information content (AvgIpc) is 2.27. The highest BCUT2D eigenvalue weighted by atomic mass is 32.2. The van der Waals surface area contributed by atoms with Crippen LogP contribution in [0.15, 0.2) is 24.3 Å². The van der Waals surface area contributed by atoms with Gasteiger partial charge in [-0.05, 0) is 11.6 Å². The molecule has 1 unspecified atom stereocenters. The summed E-state index contributed by atoms with van der Waals surface area (Å²) in [5.41, 5.74) is 7.18. The Kier molecular flexibility index (Phi) is 5.14. The Morgan fingerprint density at radius 3 is 2.75 bits per heavy atom. The number of hydrogen-bond acceptors (Lipinski definition) is 3. The third-order valence-corrected chi connectivity index (χ3v) is 2.91. The molecule has 0 aliphatic heterocycles. The average molecular weight is 240 g/mol. The van der Waals surface area contributed by atoms with Crippen molar-refractivity contribution in [3.05, 3.63) is 29.8 Å². The Morgan fingerprint density at radius 2 is 2.12 bits per heavy atom. The molecule has 0 bridgehead atoms. The van der Waals surface area contributed by atoms with E-state index in [0.717, 1.165) is 11.3 Å². The number of benzene rings is 1. The smallest absolute Gasteiger partial charge is 0.225 e. The summed E-state index contributed by atoms with van der Waals surface area (Å²) in [6.45, 7) is 0.385. The van der Waals surface area contributed by atoms with E-state index in [-0.39, 0.29) is 12.3 Å². The predicted molar refractivity (Wildman–Crippen MR) is 66.5 cm³/mol.